The number of rotatable bonds is 5. The number of amides is 1. The average Bonchev–Trinajstić information content (AvgIpc) is 3.02. The first kappa shape index (κ1) is 20.4. The Morgan fingerprint density at radius 1 is 1.14 bits per heavy atom. The molecule has 0 heterocycles. The molecule has 1 amide bonds. The van der Waals surface area contributed by atoms with Gasteiger partial charge in [0.25, 0.3) is 0 Å². The van der Waals surface area contributed by atoms with Crippen LogP contribution in [0, 0.1) is 17.3 Å². The van der Waals surface area contributed by atoms with Crippen LogP contribution in [0.1, 0.15) is 82.8 Å². The van der Waals surface area contributed by atoms with Crippen LogP contribution in [0.4, 0.5) is 4.79 Å². The summed E-state index contributed by atoms with van der Waals surface area (Å²) in [7, 11) is 0. The fourth-order valence-electron chi connectivity index (χ4n) is 6.39. The molecule has 2 fully saturated rings. The quantitative estimate of drug-likeness (QED) is 0.637. The number of aryl methyl sites for hydroxylation is 1. The third-order valence-corrected chi connectivity index (χ3v) is 7.86. The van der Waals surface area contributed by atoms with Crippen LogP contribution in [0.5, 0.6) is 5.75 Å². The number of fused-ring (bicyclic) bond motifs is 5. The Balaban J connectivity index is 1.50. The molecule has 0 spiro atoms. The molecule has 4 unspecified atom stereocenters. The molecule has 0 aliphatic heterocycles. The Morgan fingerprint density at radius 2 is 1.90 bits per heavy atom. The van der Waals surface area contributed by atoms with E-state index < -0.39 is 0 Å². The van der Waals surface area contributed by atoms with E-state index in [2.05, 4.69) is 32.9 Å². The minimum absolute atomic E-state index is 0.0733. The van der Waals surface area contributed by atoms with E-state index in [0.717, 1.165) is 64.5 Å². The lowest BCUT2D eigenvalue weighted by Crippen LogP contribution is -2.42. The van der Waals surface area contributed by atoms with Gasteiger partial charge in [-0.2, -0.15) is 0 Å². The summed E-state index contributed by atoms with van der Waals surface area (Å²) in [6, 6.07) is 6.26. The molecule has 4 atom stereocenters. The molecule has 1 aromatic carbocycles. The van der Waals surface area contributed by atoms with E-state index in [1.807, 2.05) is 6.07 Å². The summed E-state index contributed by atoms with van der Waals surface area (Å²) in [5.74, 6) is 2.91. The van der Waals surface area contributed by atoms with E-state index in [4.69, 9.17) is 4.74 Å². The monoisotopic (exact) mass is 397 g/mol. The van der Waals surface area contributed by atoms with Gasteiger partial charge in [-0.3, -0.25) is 4.79 Å². The topological polar surface area (TPSA) is 46.6 Å². The van der Waals surface area contributed by atoms with E-state index in [-0.39, 0.29) is 11.5 Å². The molecule has 0 radical (unpaired) electrons. The van der Waals surface area contributed by atoms with Crippen molar-refractivity contribution in [1.82, 2.24) is 4.90 Å². The van der Waals surface area contributed by atoms with Crippen molar-refractivity contribution in [2.24, 2.45) is 17.3 Å². The molecule has 3 aliphatic carbocycles. The maximum atomic E-state index is 12.6. The molecule has 0 aromatic heterocycles. The summed E-state index contributed by atoms with van der Waals surface area (Å²) in [5, 5.41) is 0. The second-order valence-corrected chi connectivity index (χ2v) is 9.55. The van der Waals surface area contributed by atoms with Gasteiger partial charge in [-0.15, -0.1) is 0 Å². The Bertz CT molecular complexity index is 782. The molecule has 4 nitrogen and oxygen atoms in total. The van der Waals surface area contributed by atoms with Crippen LogP contribution >= 0.6 is 0 Å². The fourth-order valence-corrected chi connectivity index (χ4v) is 6.39. The zero-order valence-corrected chi connectivity index (χ0v) is 18.2. The molecular formula is C25H35NO3. The Hall–Kier alpha value is -1.84. The summed E-state index contributed by atoms with van der Waals surface area (Å²) >= 11 is 0. The first-order valence-electron chi connectivity index (χ1n) is 11.6. The Kier molecular flexibility index (Phi) is 5.72. The maximum absolute atomic E-state index is 12.6. The number of benzene rings is 1. The van der Waals surface area contributed by atoms with Crippen LogP contribution in [0.3, 0.4) is 0 Å². The second-order valence-electron chi connectivity index (χ2n) is 9.55. The largest absolute Gasteiger partial charge is 0.415 e. The van der Waals surface area contributed by atoms with Crippen molar-refractivity contribution >= 4 is 11.9 Å². The standard InChI is InChI=1S/C25H35NO3/c1-4-14-26(15-5-2)24(28)29-18-7-9-19-17(16-18)6-8-21-20(19)12-13-25(3)22(21)10-11-23(25)27/h7,9,16,20-22H,4-6,8,10-15H2,1-3H3. The van der Waals surface area contributed by atoms with Crippen LogP contribution in [-0.4, -0.2) is 29.9 Å². The number of carbonyl (C=O) groups excluding carboxylic acids is 2. The zero-order chi connectivity index (χ0) is 20.6. The molecule has 4 heteroatoms. The van der Waals surface area contributed by atoms with E-state index in [1.54, 1.807) is 4.90 Å². The number of Topliss-reactive ketones (excluding diaryl/α,β-unsaturated/α-hetero) is 1. The summed E-state index contributed by atoms with van der Waals surface area (Å²) in [5.41, 5.74) is 2.69. The van der Waals surface area contributed by atoms with Gasteiger partial charge in [-0.05, 0) is 86.0 Å². The molecule has 0 bridgehead atoms. The number of ketones is 1. The smallest absolute Gasteiger partial charge is 0.410 e. The van der Waals surface area contributed by atoms with E-state index >= 15 is 0 Å². The lowest BCUT2D eigenvalue weighted by molar-refractivity contribution is -0.129. The average molecular weight is 398 g/mol. The summed E-state index contributed by atoms with van der Waals surface area (Å²) < 4.78 is 5.73. The van der Waals surface area contributed by atoms with Gasteiger partial charge in [0.2, 0.25) is 0 Å². The van der Waals surface area contributed by atoms with Crippen LogP contribution in [-0.2, 0) is 11.2 Å². The maximum Gasteiger partial charge on any atom is 0.415 e. The number of nitrogens with zero attached hydrogens (tertiary/aromatic N) is 1. The summed E-state index contributed by atoms with van der Waals surface area (Å²) in [6.45, 7) is 7.86. The molecule has 4 rings (SSSR count). The van der Waals surface area contributed by atoms with Crippen LogP contribution in [0.2, 0.25) is 0 Å². The predicted octanol–water partition coefficient (Wildman–Crippen LogP) is 5.73. The zero-order valence-electron chi connectivity index (χ0n) is 18.2. The molecule has 0 saturated heterocycles. The van der Waals surface area contributed by atoms with Crippen molar-refractivity contribution in [3.8, 4) is 5.75 Å². The third kappa shape index (κ3) is 3.60. The number of hydrogen-bond acceptors (Lipinski definition) is 3. The van der Waals surface area contributed by atoms with Crippen LogP contribution < -0.4 is 4.74 Å². The van der Waals surface area contributed by atoms with E-state index in [9.17, 15) is 9.59 Å². The molecular weight excluding hydrogens is 362 g/mol. The number of carbonyl (C=O) groups is 2. The first-order chi connectivity index (χ1) is 14.0. The second kappa shape index (κ2) is 8.12. The van der Waals surface area contributed by atoms with Crippen molar-refractivity contribution < 1.29 is 14.3 Å². The first-order valence-corrected chi connectivity index (χ1v) is 11.6. The van der Waals surface area contributed by atoms with Crippen LogP contribution in [0.25, 0.3) is 0 Å². The van der Waals surface area contributed by atoms with E-state index in [0.29, 0.717) is 29.3 Å². The van der Waals surface area contributed by atoms with Gasteiger partial charge in [0.05, 0.1) is 0 Å². The molecule has 0 N–H and O–H groups in total. The third-order valence-electron chi connectivity index (χ3n) is 7.86. The Morgan fingerprint density at radius 3 is 2.62 bits per heavy atom. The van der Waals surface area contributed by atoms with Gasteiger partial charge in [0.15, 0.2) is 0 Å². The van der Waals surface area contributed by atoms with Crippen molar-refractivity contribution in [3.05, 3.63) is 29.3 Å². The van der Waals surface area contributed by atoms with Gasteiger partial charge in [-0.25, -0.2) is 4.79 Å². The molecule has 3 aliphatic rings. The lowest BCUT2D eigenvalue weighted by Gasteiger charge is -2.48. The Labute approximate surface area is 175 Å². The lowest BCUT2D eigenvalue weighted by atomic mass is 9.55. The van der Waals surface area contributed by atoms with Crippen molar-refractivity contribution in [2.75, 3.05) is 13.1 Å². The van der Waals surface area contributed by atoms with Gasteiger partial charge in [-0.1, -0.05) is 26.8 Å². The molecule has 158 valence electrons. The normalized spacial score (nSPS) is 30.3. The fraction of sp³-hybridized carbons (Fsp3) is 0.680. The molecule has 1 aromatic rings. The molecule has 29 heavy (non-hydrogen) atoms. The van der Waals surface area contributed by atoms with Gasteiger partial charge in [0, 0.05) is 24.9 Å². The summed E-state index contributed by atoms with van der Waals surface area (Å²) in [6.07, 6.45) is 7.80. The number of hydrogen-bond donors (Lipinski definition) is 0. The highest BCUT2D eigenvalue weighted by atomic mass is 16.6. The molecule has 2 saturated carbocycles. The van der Waals surface area contributed by atoms with Crippen molar-refractivity contribution in [2.45, 2.75) is 78.1 Å². The van der Waals surface area contributed by atoms with Crippen LogP contribution in [0.15, 0.2) is 18.2 Å². The highest BCUT2D eigenvalue weighted by Gasteiger charge is 2.54. The van der Waals surface area contributed by atoms with Gasteiger partial charge in [0.1, 0.15) is 11.5 Å². The SMILES string of the molecule is CCCN(CCC)C(=O)Oc1ccc2c(c1)CCC1C2CCC2(C)C(=O)CCC12. The summed E-state index contributed by atoms with van der Waals surface area (Å²) in [4.78, 5) is 26.8. The minimum Gasteiger partial charge on any atom is -0.410 e. The van der Waals surface area contributed by atoms with Gasteiger partial charge < -0.3 is 9.64 Å². The van der Waals surface area contributed by atoms with E-state index in [1.165, 1.54) is 11.1 Å². The highest BCUT2D eigenvalue weighted by Crippen LogP contribution is 2.59. The minimum atomic E-state index is -0.236. The predicted molar refractivity (Wildman–Crippen MR) is 114 cm³/mol. The number of ether oxygens (including phenoxy) is 1. The van der Waals surface area contributed by atoms with Crippen molar-refractivity contribution in [1.29, 1.82) is 0 Å². The van der Waals surface area contributed by atoms with Crippen molar-refractivity contribution in [3.63, 3.8) is 0 Å². The van der Waals surface area contributed by atoms with Gasteiger partial charge >= 0.3 is 6.09 Å². The highest BCUT2D eigenvalue weighted by molar-refractivity contribution is 5.87.